The summed E-state index contributed by atoms with van der Waals surface area (Å²) in [4.78, 5) is 45.4. The molecule has 10 nitrogen and oxygen atoms in total. The Morgan fingerprint density at radius 2 is 1.71 bits per heavy atom. The lowest BCUT2D eigenvalue weighted by molar-refractivity contribution is -0.180. The number of hydrogen-bond donors (Lipinski definition) is 0. The van der Waals surface area contributed by atoms with Gasteiger partial charge in [0.25, 0.3) is 5.91 Å². The molecule has 5 saturated heterocycles. The minimum atomic E-state index is -0.693. The topological polar surface area (TPSA) is 101 Å². The number of rotatable bonds is 6. The van der Waals surface area contributed by atoms with Crippen LogP contribution in [-0.2, 0) is 14.3 Å². The number of piperazine rings is 1. The van der Waals surface area contributed by atoms with E-state index in [1.54, 1.807) is 12.3 Å². The van der Waals surface area contributed by atoms with E-state index in [0.29, 0.717) is 41.5 Å². The first-order chi connectivity index (χ1) is 25.3. The Bertz CT molecular complexity index is 1990. The van der Waals surface area contributed by atoms with Gasteiger partial charge in [-0.1, -0.05) is 62.2 Å². The molecule has 0 radical (unpaired) electrons. The highest BCUT2D eigenvalue weighted by molar-refractivity contribution is 6.36. The van der Waals surface area contributed by atoms with E-state index in [1.807, 2.05) is 35.2 Å². The molecule has 3 atom stereocenters. The molecule has 0 N–H and O–H groups in total. The molecule has 4 aromatic rings. The van der Waals surface area contributed by atoms with Gasteiger partial charge < -0.3 is 19.3 Å². The highest BCUT2D eigenvalue weighted by Gasteiger charge is 2.49. The van der Waals surface area contributed by atoms with Gasteiger partial charge in [0.05, 0.1) is 17.3 Å². The number of terminal acetylenes is 1. The van der Waals surface area contributed by atoms with Gasteiger partial charge in [-0.15, -0.1) is 12.8 Å². The number of anilines is 1. The van der Waals surface area contributed by atoms with E-state index in [0.717, 1.165) is 62.4 Å². The second kappa shape index (κ2) is 14.8. The van der Waals surface area contributed by atoms with Gasteiger partial charge in [0.15, 0.2) is 11.9 Å². The molecule has 5 aliphatic rings. The molecule has 0 aliphatic carbocycles. The number of esters is 1. The SMILES string of the molecule is C#C.CCC.O=C1C[C@H](C(=O)N2[C@@H]3CC[C@H]2CN(c2nc(OCC45CCCN4CCC5)nc4c(F)c(-c5cccc6cccc(Cl)c56)ncc24)C3)O1. The highest BCUT2D eigenvalue weighted by atomic mass is 35.5. The van der Waals surface area contributed by atoms with Crippen LogP contribution in [0.4, 0.5) is 10.2 Å². The number of ether oxygens (including phenoxy) is 2. The molecular formula is C40H44ClFN6O4. The third kappa shape index (κ3) is 6.30. The van der Waals surface area contributed by atoms with Crippen LogP contribution in [-0.4, -0.2) is 93.1 Å². The third-order valence-electron chi connectivity index (χ3n) is 11.0. The van der Waals surface area contributed by atoms with E-state index in [1.165, 1.54) is 6.42 Å². The summed E-state index contributed by atoms with van der Waals surface area (Å²) >= 11 is 6.63. The molecule has 2 aromatic carbocycles. The number of benzene rings is 2. The Balaban J connectivity index is 0.000000802. The fourth-order valence-electron chi connectivity index (χ4n) is 8.71. The van der Waals surface area contributed by atoms with Crippen LogP contribution in [0.3, 0.4) is 0 Å². The summed E-state index contributed by atoms with van der Waals surface area (Å²) in [5.74, 6) is -0.484. The lowest BCUT2D eigenvalue weighted by Gasteiger charge is -2.43. The number of fused-ring (bicyclic) bond motifs is 5. The average Bonchev–Trinajstić information content (AvgIpc) is 3.81. The molecule has 0 saturated carbocycles. The van der Waals surface area contributed by atoms with Crippen LogP contribution >= 0.6 is 11.6 Å². The van der Waals surface area contributed by atoms with E-state index in [9.17, 15) is 9.59 Å². The summed E-state index contributed by atoms with van der Waals surface area (Å²) in [5, 5.41) is 2.62. The minimum absolute atomic E-state index is 0.0315. The minimum Gasteiger partial charge on any atom is -0.461 e. The zero-order chi connectivity index (χ0) is 36.6. The van der Waals surface area contributed by atoms with Gasteiger partial charge in [0.2, 0.25) is 0 Å². The van der Waals surface area contributed by atoms with Gasteiger partial charge in [-0.25, -0.2) is 4.39 Å². The predicted molar refractivity (Wildman–Crippen MR) is 200 cm³/mol. The van der Waals surface area contributed by atoms with Crippen LogP contribution in [0.2, 0.25) is 5.02 Å². The Hall–Kier alpha value is -4.53. The lowest BCUT2D eigenvalue weighted by Crippen LogP contribution is -2.60. The normalized spacial score (nSPS) is 22.9. The number of amides is 1. The fraction of sp³-hybridized carbons (Fsp3) is 0.475. The number of carbonyl (C=O) groups is 2. The van der Waals surface area contributed by atoms with E-state index in [-0.39, 0.29) is 53.1 Å². The lowest BCUT2D eigenvalue weighted by atomic mass is 9.95. The molecule has 1 amide bonds. The molecule has 5 aliphatic heterocycles. The molecule has 0 unspecified atom stereocenters. The third-order valence-corrected chi connectivity index (χ3v) is 11.3. The Morgan fingerprint density at radius 1 is 1.06 bits per heavy atom. The van der Waals surface area contributed by atoms with Crippen molar-refractivity contribution in [2.75, 3.05) is 37.7 Å². The van der Waals surface area contributed by atoms with Gasteiger partial charge in [-0.05, 0) is 63.1 Å². The predicted octanol–water partition coefficient (Wildman–Crippen LogP) is 6.81. The Kier molecular flexibility index (Phi) is 10.2. The largest absolute Gasteiger partial charge is 0.461 e. The van der Waals surface area contributed by atoms with Gasteiger partial charge in [0, 0.05) is 47.3 Å². The molecule has 0 spiro atoms. The van der Waals surface area contributed by atoms with Crippen LogP contribution in [0.1, 0.15) is 65.2 Å². The summed E-state index contributed by atoms with van der Waals surface area (Å²) in [7, 11) is 0. The number of nitrogens with zero attached hydrogens (tertiary/aromatic N) is 6. The maximum Gasteiger partial charge on any atom is 0.319 e. The Morgan fingerprint density at radius 3 is 2.37 bits per heavy atom. The Labute approximate surface area is 308 Å². The number of halogens is 2. The second-order valence-electron chi connectivity index (χ2n) is 14.3. The first kappa shape index (κ1) is 35.9. The second-order valence-corrected chi connectivity index (χ2v) is 14.7. The van der Waals surface area contributed by atoms with Crippen molar-refractivity contribution in [1.29, 1.82) is 0 Å². The van der Waals surface area contributed by atoms with E-state index in [2.05, 4.69) is 41.5 Å². The molecule has 9 rings (SSSR count). The van der Waals surface area contributed by atoms with Crippen molar-refractivity contribution in [3.05, 3.63) is 53.4 Å². The summed E-state index contributed by atoms with van der Waals surface area (Å²) < 4.78 is 28.3. The van der Waals surface area contributed by atoms with Gasteiger partial charge >= 0.3 is 12.0 Å². The zero-order valence-electron chi connectivity index (χ0n) is 29.7. The van der Waals surface area contributed by atoms with Crippen molar-refractivity contribution < 1.29 is 23.5 Å². The standard InChI is InChI=1S/C35H34ClFN6O4.C3H8.C2H2/c36-25-8-2-6-20-5-1-7-23(28(20)25)30-29(37)31-24(16-38-30)32(40-34(39-31)46-19-35-11-3-13-42(35)14-4-12-35)41-17-21-9-10-22(18-41)43(21)33(45)26-15-27(44)47-26;1-3-2;1-2/h1-2,5-8,16,21-22,26H,3-4,9-15,17-19H2;3H2,1-2H3;1-2H/t21-,22+,26-;;/m1../s1. The van der Waals surface area contributed by atoms with Crippen molar-refractivity contribution in [2.24, 2.45) is 0 Å². The first-order valence-corrected chi connectivity index (χ1v) is 18.7. The van der Waals surface area contributed by atoms with E-state index < -0.39 is 11.9 Å². The molecule has 52 heavy (non-hydrogen) atoms. The number of aromatic nitrogens is 3. The molecule has 2 bridgehead atoms. The van der Waals surface area contributed by atoms with Crippen LogP contribution in [0.5, 0.6) is 6.01 Å². The average molecular weight is 727 g/mol. The molecule has 12 heteroatoms. The number of hydrogen-bond acceptors (Lipinski definition) is 9. The summed E-state index contributed by atoms with van der Waals surface area (Å²) in [6.07, 6.45) is 16.4. The van der Waals surface area contributed by atoms with Crippen molar-refractivity contribution in [3.8, 4) is 30.1 Å². The molecule has 7 heterocycles. The number of cyclic esters (lactones) is 1. The van der Waals surface area contributed by atoms with Crippen LogP contribution < -0.4 is 9.64 Å². The summed E-state index contributed by atoms with van der Waals surface area (Å²) in [6.45, 7) is 7.85. The summed E-state index contributed by atoms with van der Waals surface area (Å²) in [5.41, 5.74) is 0.853. The summed E-state index contributed by atoms with van der Waals surface area (Å²) in [6, 6.07) is 11.2. The molecular weight excluding hydrogens is 683 g/mol. The molecule has 2 aromatic heterocycles. The monoisotopic (exact) mass is 726 g/mol. The van der Waals surface area contributed by atoms with Crippen LogP contribution in [0, 0.1) is 18.7 Å². The molecule has 5 fully saturated rings. The van der Waals surface area contributed by atoms with Gasteiger partial charge in [-0.2, -0.15) is 9.97 Å². The van der Waals surface area contributed by atoms with Crippen molar-refractivity contribution >= 4 is 51.0 Å². The zero-order valence-corrected chi connectivity index (χ0v) is 30.4. The quantitative estimate of drug-likeness (QED) is 0.157. The maximum atomic E-state index is 16.8. The maximum absolute atomic E-state index is 16.8. The van der Waals surface area contributed by atoms with Crippen LogP contribution in [0.25, 0.3) is 32.9 Å². The van der Waals surface area contributed by atoms with E-state index >= 15 is 4.39 Å². The fourth-order valence-corrected chi connectivity index (χ4v) is 8.99. The number of carbonyl (C=O) groups excluding carboxylic acids is 2. The van der Waals surface area contributed by atoms with Crippen molar-refractivity contribution in [3.63, 3.8) is 0 Å². The smallest absolute Gasteiger partial charge is 0.319 e. The van der Waals surface area contributed by atoms with Crippen molar-refractivity contribution in [2.45, 2.75) is 88.9 Å². The highest BCUT2D eigenvalue weighted by Crippen LogP contribution is 2.42. The first-order valence-electron chi connectivity index (χ1n) is 18.3. The molecule has 272 valence electrons. The number of pyridine rings is 1. The van der Waals surface area contributed by atoms with Gasteiger partial charge in [-0.3, -0.25) is 19.5 Å². The van der Waals surface area contributed by atoms with Gasteiger partial charge in [0.1, 0.15) is 23.6 Å². The van der Waals surface area contributed by atoms with E-state index in [4.69, 9.17) is 31.0 Å². The van der Waals surface area contributed by atoms with Crippen molar-refractivity contribution in [1.82, 2.24) is 24.8 Å². The van der Waals surface area contributed by atoms with Crippen LogP contribution in [0.15, 0.2) is 42.6 Å².